The molecule has 0 heterocycles. The van der Waals surface area contributed by atoms with Gasteiger partial charge in [0.05, 0.1) is 6.04 Å². The molecule has 2 rings (SSSR count). The fourth-order valence-corrected chi connectivity index (χ4v) is 2.75. The molecule has 21 heavy (non-hydrogen) atoms. The molecule has 0 bridgehead atoms. The first kappa shape index (κ1) is 16.1. The van der Waals surface area contributed by atoms with Crippen LogP contribution in [0.1, 0.15) is 36.1 Å². The maximum atomic E-state index is 13.5. The van der Waals surface area contributed by atoms with E-state index in [1.54, 1.807) is 6.07 Å². The summed E-state index contributed by atoms with van der Waals surface area (Å²) in [6, 6.07) is 9.93. The van der Waals surface area contributed by atoms with Gasteiger partial charge in [-0.05, 0) is 49.2 Å². The third-order valence-corrected chi connectivity index (χ3v) is 4.06. The number of aryl methyl sites for hydroxylation is 1. The quantitative estimate of drug-likeness (QED) is 0.785. The molecule has 1 atom stereocenters. The molecule has 2 aromatic carbocycles. The predicted molar refractivity (Wildman–Crippen MR) is 85.4 cm³/mol. The summed E-state index contributed by atoms with van der Waals surface area (Å²) in [4.78, 5) is 0. The summed E-state index contributed by atoms with van der Waals surface area (Å²) in [6.45, 7) is 4.88. The van der Waals surface area contributed by atoms with Gasteiger partial charge in [0.2, 0.25) is 0 Å². The van der Waals surface area contributed by atoms with Crippen LogP contribution in [0.2, 0.25) is 0 Å². The van der Waals surface area contributed by atoms with E-state index >= 15 is 0 Å². The van der Waals surface area contributed by atoms with Gasteiger partial charge < -0.3 is 5.32 Å². The maximum Gasteiger partial charge on any atom is 0.159 e. The summed E-state index contributed by atoms with van der Waals surface area (Å²) < 4.78 is 27.6. The van der Waals surface area contributed by atoms with E-state index in [9.17, 15) is 8.78 Å². The van der Waals surface area contributed by atoms with Crippen molar-refractivity contribution < 1.29 is 8.78 Å². The molecular formula is C17H18BrF2N. The Morgan fingerprint density at radius 1 is 1.10 bits per heavy atom. The monoisotopic (exact) mass is 353 g/mol. The minimum Gasteiger partial charge on any atom is -0.306 e. The van der Waals surface area contributed by atoms with Crippen molar-refractivity contribution in [3.63, 3.8) is 0 Å². The molecule has 0 radical (unpaired) electrons. The molecule has 1 nitrogen and oxygen atoms in total. The lowest BCUT2D eigenvalue weighted by Gasteiger charge is -2.21. The van der Waals surface area contributed by atoms with Crippen molar-refractivity contribution >= 4 is 15.9 Å². The van der Waals surface area contributed by atoms with Gasteiger partial charge in [0.1, 0.15) is 0 Å². The minimum absolute atomic E-state index is 0.172. The Morgan fingerprint density at radius 2 is 1.86 bits per heavy atom. The molecule has 0 aliphatic rings. The van der Waals surface area contributed by atoms with E-state index in [0.29, 0.717) is 5.56 Å². The fourth-order valence-electron chi connectivity index (χ4n) is 2.27. The molecular weight excluding hydrogens is 336 g/mol. The lowest BCUT2D eigenvalue weighted by Crippen LogP contribution is -2.24. The number of hydrogen-bond donors (Lipinski definition) is 1. The van der Waals surface area contributed by atoms with Gasteiger partial charge in [0.15, 0.2) is 11.6 Å². The van der Waals surface area contributed by atoms with Crippen molar-refractivity contribution in [3.8, 4) is 0 Å². The Morgan fingerprint density at radius 3 is 2.52 bits per heavy atom. The van der Waals surface area contributed by atoms with Crippen LogP contribution in [0.15, 0.2) is 40.9 Å². The zero-order valence-corrected chi connectivity index (χ0v) is 13.7. The lowest BCUT2D eigenvalue weighted by atomic mass is 9.97. The lowest BCUT2D eigenvalue weighted by molar-refractivity contribution is 0.503. The van der Waals surface area contributed by atoms with E-state index < -0.39 is 11.6 Å². The van der Waals surface area contributed by atoms with Crippen LogP contribution in [-0.2, 0) is 0 Å². The second-order valence-corrected chi connectivity index (χ2v) is 5.94. The van der Waals surface area contributed by atoms with Crippen molar-refractivity contribution in [2.45, 2.75) is 26.3 Å². The van der Waals surface area contributed by atoms with Crippen LogP contribution in [0, 0.1) is 18.6 Å². The molecule has 0 aliphatic carbocycles. The highest BCUT2D eigenvalue weighted by molar-refractivity contribution is 9.10. The Kier molecular flexibility index (Phi) is 5.48. The fraction of sp³-hybridized carbons (Fsp3) is 0.294. The molecule has 0 aliphatic heterocycles. The van der Waals surface area contributed by atoms with Crippen molar-refractivity contribution in [1.82, 2.24) is 5.32 Å². The number of halogens is 3. The van der Waals surface area contributed by atoms with Crippen LogP contribution in [0.25, 0.3) is 0 Å². The molecule has 1 N–H and O–H groups in total. The normalized spacial score (nSPS) is 12.4. The molecule has 4 heteroatoms. The molecule has 112 valence electrons. The zero-order chi connectivity index (χ0) is 15.4. The average molecular weight is 354 g/mol. The number of hydrogen-bond acceptors (Lipinski definition) is 1. The van der Waals surface area contributed by atoms with E-state index in [1.807, 2.05) is 19.1 Å². The Labute approximate surface area is 132 Å². The Balaban J connectivity index is 2.46. The first-order chi connectivity index (χ1) is 10.0. The van der Waals surface area contributed by atoms with Crippen LogP contribution in [0.4, 0.5) is 8.78 Å². The van der Waals surface area contributed by atoms with E-state index in [0.717, 1.165) is 28.6 Å². The molecule has 0 spiro atoms. The molecule has 2 aromatic rings. The third-order valence-electron chi connectivity index (χ3n) is 3.34. The summed E-state index contributed by atoms with van der Waals surface area (Å²) in [5, 5.41) is 3.40. The summed E-state index contributed by atoms with van der Waals surface area (Å²) in [5.41, 5.74) is 2.86. The van der Waals surface area contributed by atoms with Crippen molar-refractivity contribution in [1.29, 1.82) is 0 Å². The van der Waals surface area contributed by atoms with Crippen LogP contribution >= 0.6 is 15.9 Å². The average Bonchev–Trinajstić information content (AvgIpc) is 2.46. The molecule has 1 unspecified atom stereocenters. The Bertz CT molecular complexity index is 628. The van der Waals surface area contributed by atoms with Crippen LogP contribution in [0.5, 0.6) is 0 Å². The van der Waals surface area contributed by atoms with Crippen LogP contribution in [0.3, 0.4) is 0 Å². The molecule has 0 aromatic heterocycles. The van der Waals surface area contributed by atoms with Gasteiger partial charge in [0, 0.05) is 4.47 Å². The van der Waals surface area contributed by atoms with Gasteiger partial charge in [-0.25, -0.2) is 8.78 Å². The standard InChI is InChI=1S/C17H18BrF2N/c1-3-8-21-17(12-5-7-15(19)16(20)10-12)13-9-11(2)4-6-14(13)18/h4-7,9-10,17,21H,3,8H2,1-2H3. The highest BCUT2D eigenvalue weighted by atomic mass is 79.9. The second kappa shape index (κ2) is 7.14. The summed E-state index contributed by atoms with van der Waals surface area (Å²) in [6.07, 6.45) is 0.962. The van der Waals surface area contributed by atoms with Crippen molar-refractivity contribution in [2.24, 2.45) is 0 Å². The number of rotatable bonds is 5. The summed E-state index contributed by atoms with van der Waals surface area (Å²) >= 11 is 3.55. The molecule has 0 saturated carbocycles. The van der Waals surface area contributed by atoms with Crippen LogP contribution in [-0.4, -0.2) is 6.54 Å². The molecule has 0 amide bonds. The smallest absolute Gasteiger partial charge is 0.159 e. The maximum absolute atomic E-state index is 13.5. The second-order valence-electron chi connectivity index (χ2n) is 5.09. The third kappa shape index (κ3) is 3.89. The first-order valence-electron chi connectivity index (χ1n) is 6.97. The molecule has 0 fully saturated rings. The summed E-state index contributed by atoms with van der Waals surface area (Å²) in [7, 11) is 0. The van der Waals surface area contributed by atoms with Gasteiger partial charge in [-0.2, -0.15) is 0 Å². The van der Waals surface area contributed by atoms with E-state index in [1.165, 1.54) is 12.1 Å². The topological polar surface area (TPSA) is 12.0 Å². The highest BCUT2D eigenvalue weighted by Gasteiger charge is 2.18. The minimum atomic E-state index is -0.823. The van der Waals surface area contributed by atoms with Gasteiger partial charge in [-0.1, -0.05) is 46.6 Å². The predicted octanol–water partition coefficient (Wildman–Crippen LogP) is 5.12. The van der Waals surface area contributed by atoms with Crippen molar-refractivity contribution in [2.75, 3.05) is 6.54 Å². The van der Waals surface area contributed by atoms with E-state index in [4.69, 9.17) is 0 Å². The number of nitrogens with one attached hydrogen (secondary N) is 1. The highest BCUT2D eigenvalue weighted by Crippen LogP contribution is 2.30. The summed E-state index contributed by atoms with van der Waals surface area (Å²) in [5.74, 6) is -1.64. The van der Waals surface area contributed by atoms with E-state index in [2.05, 4.69) is 34.2 Å². The molecule has 0 saturated heterocycles. The SMILES string of the molecule is CCCNC(c1ccc(F)c(F)c1)c1cc(C)ccc1Br. The van der Waals surface area contributed by atoms with Crippen LogP contribution < -0.4 is 5.32 Å². The number of benzene rings is 2. The van der Waals surface area contributed by atoms with Gasteiger partial charge in [-0.3, -0.25) is 0 Å². The van der Waals surface area contributed by atoms with E-state index in [-0.39, 0.29) is 6.04 Å². The van der Waals surface area contributed by atoms with Crippen molar-refractivity contribution in [3.05, 3.63) is 69.2 Å². The van der Waals surface area contributed by atoms with Gasteiger partial charge >= 0.3 is 0 Å². The largest absolute Gasteiger partial charge is 0.306 e. The van der Waals surface area contributed by atoms with Gasteiger partial charge in [0.25, 0.3) is 0 Å². The Hall–Kier alpha value is -1.26. The van der Waals surface area contributed by atoms with Gasteiger partial charge in [-0.15, -0.1) is 0 Å². The zero-order valence-electron chi connectivity index (χ0n) is 12.1. The first-order valence-corrected chi connectivity index (χ1v) is 7.76.